The van der Waals surface area contributed by atoms with Crippen molar-refractivity contribution in [3.05, 3.63) is 36.2 Å². The average molecular weight is 431 g/mol. The SMILES string of the molecule is NC(=O)C1CCC(O)(C(CC(O)[CH]Cc2cccc(OC(F)(F)F)c2)C(N)=O)CC1. The third kappa shape index (κ3) is 6.88. The van der Waals surface area contributed by atoms with Crippen molar-refractivity contribution in [2.24, 2.45) is 23.3 Å². The molecule has 0 bridgehead atoms. The topological polar surface area (TPSA) is 136 Å². The molecule has 0 saturated heterocycles. The van der Waals surface area contributed by atoms with Crippen LogP contribution in [-0.4, -0.2) is 40.1 Å². The van der Waals surface area contributed by atoms with Crippen LogP contribution in [0, 0.1) is 18.3 Å². The molecule has 0 aromatic heterocycles. The first-order valence-corrected chi connectivity index (χ1v) is 9.57. The van der Waals surface area contributed by atoms with Crippen molar-refractivity contribution < 1.29 is 37.7 Å². The number of hydrogen-bond donors (Lipinski definition) is 4. The van der Waals surface area contributed by atoms with Crippen LogP contribution >= 0.6 is 0 Å². The average Bonchev–Trinajstić information content (AvgIpc) is 2.63. The van der Waals surface area contributed by atoms with Gasteiger partial charge in [0.05, 0.1) is 17.6 Å². The lowest BCUT2D eigenvalue weighted by Gasteiger charge is -2.40. The van der Waals surface area contributed by atoms with E-state index in [0.717, 1.165) is 6.07 Å². The van der Waals surface area contributed by atoms with Gasteiger partial charge in [-0.1, -0.05) is 12.1 Å². The Morgan fingerprint density at radius 3 is 2.43 bits per heavy atom. The summed E-state index contributed by atoms with van der Waals surface area (Å²) in [6.45, 7) is 0. The molecule has 6 N–H and O–H groups in total. The first-order chi connectivity index (χ1) is 13.9. The Morgan fingerprint density at radius 1 is 1.27 bits per heavy atom. The molecule has 0 aliphatic heterocycles. The molecule has 2 atom stereocenters. The fourth-order valence-corrected chi connectivity index (χ4v) is 3.83. The van der Waals surface area contributed by atoms with Crippen LogP contribution < -0.4 is 16.2 Å². The molecular formula is C20H26F3N2O5. The van der Waals surface area contributed by atoms with Gasteiger partial charge in [0, 0.05) is 5.92 Å². The number of ether oxygens (including phenoxy) is 1. The van der Waals surface area contributed by atoms with Crippen molar-refractivity contribution in [2.75, 3.05) is 0 Å². The van der Waals surface area contributed by atoms with Crippen LogP contribution in [0.5, 0.6) is 5.75 Å². The summed E-state index contributed by atoms with van der Waals surface area (Å²) in [7, 11) is 0. The predicted octanol–water partition coefficient (Wildman–Crippen LogP) is 1.59. The van der Waals surface area contributed by atoms with Gasteiger partial charge < -0.3 is 26.4 Å². The van der Waals surface area contributed by atoms with Gasteiger partial charge in [0.2, 0.25) is 11.8 Å². The number of rotatable bonds is 9. The second-order valence-electron chi connectivity index (χ2n) is 7.67. The Bertz CT molecular complexity index is 748. The molecule has 2 rings (SSSR count). The molecule has 0 spiro atoms. The van der Waals surface area contributed by atoms with Crippen molar-refractivity contribution >= 4 is 11.8 Å². The predicted molar refractivity (Wildman–Crippen MR) is 101 cm³/mol. The second kappa shape index (κ2) is 9.65. The molecule has 1 saturated carbocycles. The van der Waals surface area contributed by atoms with E-state index >= 15 is 0 Å². The largest absolute Gasteiger partial charge is 0.573 e. The minimum atomic E-state index is -4.81. The molecule has 1 aliphatic rings. The summed E-state index contributed by atoms with van der Waals surface area (Å²) in [6.07, 6.45) is -3.61. The highest BCUT2D eigenvalue weighted by atomic mass is 19.4. The van der Waals surface area contributed by atoms with E-state index < -0.39 is 35.8 Å². The van der Waals surface area contributed by atoms with Crippen molar-refractivity contribution in [1.29, 1.82) is 0 Å². The number of alkyl halides is 3. The number of nitrogens with two attached hydrogens (primary N) is 2. The maximum Gasteiger partial charge on any atom is 0.573 e. The van der Waals surface area contributed by atoms with E-state index in [1.54, 1.807) is 6.07 Å². The Balaban J connectivity index is 1.95. The molecule has 167 valence electrons. The number of aliphatic hydroxyl groups is 2. The van der Waals surface area contributed by atoms with Crippen LogP contribution in [0.4, 0.5) is 13.2 Å². The molecule has 30 heavy (non-hydrogen) atoms. The summed E-state index contributed by atoms with van der Waals surface area (Å²) < 4.78 is 40.8. The van der Waals surface area contributed by atoms with Gasteiger partial charge in [-0.25, -0.2) is 0 Å². The van der Waals surface area contributed by atoms with Crippen molar-refractivity contribution in [3.8, 4) is 5.75 Å². The summed E-state index contributed by atoms with van der Waals surface area (Å²) in [6, 6.07) is 5.31. The minimum Gasteiger partial charge on any atom is -0.406 e. The standard InChI is InChI=1S/C20H26F3N2O5/c21-20(22,23)30-15-3-1-2-12(10-15)4-5-14(26)11-16(18(25)28)19(29)8-6-13(7-9-19)17(24)27/h1-3,5,10,13-14,16,26,29H,4,6-9,11H2,(H2,24,27)(H2,25,28). The van der Waals surface area contributed by atoms with Crippen LogP contribution in [0.25, 0.3) is 0 Å². The fraction of sp³-hybridized carbons (Fsp3) is 0.550. The van der Waals surface area contributed by atoms with Gasteiger partial charge in [0.1, 0.15) is 5.75 Å². The zero-order chi connectivity index (χ0) is 22.5. The van der Waals surface area contributed by atoms with E-state index in [9.17, 15) is 33.0 Å². The summed E-state index contributed by atoms with van der Waals surface area (Å²) in [5.41, 5.74) is 9.74. The highest BCUT2D eigenvalue weighted by molar-refractivity contribution is 5.79. The minimum absolute atomic E-state index is 0.115. The van der Waals surface area contributed by atoms with Gasteiger partial charge in [-0.2, -0.15) is 0 Å². The van der Waals surface area contributed by atoms with Gasteiger partial charge >= 0.3 is 6.36 Å². The number of primary amides is 2. The van der Waals surface area contributed by atoms with Gasteiger partial charge in [0.15, 0.2) is 0 Å². The lowest BCUT2D eigenvalue weighted by atomic mass is 9.70. The number of carbonyl (C=O) groups is 2. The maximum absolute atomic E-state index is 12.3. The molecule has 7 nitrogen and oxygen atoms in total. The van der Waals surface area contributed by atoms with Crippen LogP contribution in [0.1, 0.15) is 37.7 Å². The molecule has 1 aromatic carbocycles. The molecule has 1 aliphatic carbocycles. The molecular weight excluding hydrogens is 405 g/mol. The van der Waals surface area contributed by atoms with Crippen LogP contribution in [0.15, 0.2) is 24.3 Å². The third-order valence-electron chi connectivity index (χ3n) is 5.48. The van der Waals surface area contributed by atoms with Gasteiger partial charge in [0.25, 0.3) is 0 Å². The van der Waals surface area contributed by atoms with Crippen LogP contribution in [0.2, 0.25) is 0 Å². The molecule has 1 radical (unpaired) electrons. The lowest BCUT2D eigenvalue weighted by Crippen LogP contribution is -2.49. The number of benzene rings is 1. The zero-order valence-electron chi connectivity index (χ0n) is 16.3. The van der Waals surface area contributed by atoms with E-state index in [0.29, 0.717) is 18.4 Å². The van der Waals surface area contributed by atoms with Crippen LogP contribution in [0.3, 0.4) is 0 Å². The number of aliphatic hydroxyl groups excluding tert-OH is 1. The van der Waals surface area contributed by atoms with Gasteiger partial charge in [-0.05, 0) is 62.6 Å². The molecule has 1 fully saturated rings. The number of hydrogen-bond acceptors (Lipinski definition) is 5. The first-order valence-electron chi connectivity index (χ1n) is 9.57. The Labute approximate surface area is 172 Å². The quantitative estimate of drug-likeness (QED) is 0.471. The highest BCUT2D eigenvalue weighted by Gasteiger charge is 2.44. The summed E-state index contributed by atoms with van der Waals surface area (Å²) in [5.74, 6) is -3.03. The van der Waals surface area contributed by atoms with E-state index in [-0.39, 0.29) is 37.4 Å². The van der Waals surface area contributed by atoms with Gasteiger partial charge in [-0.15, -0.1) is 13.2 Å². The molecule has 0 heterocycles. The number of carbonyl (C=O) groups excluding carboxylic acids is 2. The molecule has 10 heteroatoms. The Morgan fingerprint density at radius 2 is 1.90 bits per heavy atom. The van der Waals surface area contributed by atoms with Crippen LogP contribution in [-0.2, 0) is 16.0 Å². The summed E-state index contributed by atoms with van der Waals surface area (Å²) in [4.78, 5) is 23.2. The fourth-order valence-electron chi connectivity index (χ4n) is 3.83. The monoisotopic (exact) mass is 431 g/mol. The van der Waals surface area contributed by atoms with E-state index in [2.05, 4.69) is 4.74 Å². The van der Waals surface area contributed by atoms with Crippen molar-refractivity contribution in [3.63, 3.8) is 0 Å². The van der Waals surface area contributed by atoms with E-state index in [1.807, 2.05) is 0 Å². The normalized spacial score (nSPS) is 24.1. The van der Waals surface area contributed by atoms with Crippen molar-refractivity contribution in [2.45, 2.75) is 56.6 Å². The number of halogens is 3. The lowest BCUT2D eigenvalue weighted by molar-refractivity contribution is -0.274. The Kier molecular flexibility index (Phi) is 7.70. The van der Waals surface area contributed by atoms with E-state index in [1.165, 1.54) is 18.6 Å². The summed E-state index contributed by atoms with van der Waals surface area (Å²) >= 11 is 0. The molecule has 2 amide bonds. The van der Waals surface area contributed by atoms with E-state index in [4.69, 9.17) is 11.5 Å². The first kappa shape index (κ1) is 23.9. The number of amides is 2. The van der Waals surface area contributed by atoms with Gasteiger partial charge in [-0.3, -0.25) is 9.59 Å². The smallest absolute Gasteiger partial charge is 0.406 e. The summed E-state index contributed by atoms with van der Waals surface area (Å²) in [5, 5.41) is 21.2. The van der Waals surface area contributed by atoms with Crippen molar-refractivity contribution in [1.82, 2.24) is 0 Å². The highest BCUT2D eigenvalue weighted by Crippen LogP contribution is 2.39. The zero-order valence-corrected chi connectivity index (χ0v) is 16.3. The third-order valence-corrected chi connectivity index (χ3v) is 5.48. The molecule has 1 aromatic rings. The Hall–Kier alpha value is -2.33. The molecule has 2 unspecified atom stereocenters. The maximum atomic E-state index is 12.3. The second-order valence-corrected chi connectivity index (χ2v) is 7.67.